The summed E-state index contributed by atoms with van der Waals surface area (Å²) in [5.74, 6) is -0.182. The molecular formula is C17H20N4NaO9P. The number of aliphatic hydroxyl groups excluding tert-OH is 2. The van der Waals surface area contributed by atoms with Crippen molar-refractivity contribution in [1.29, 1.82) is 0 Å². The molecule has 0 unspecified atom stereocenters. The van der Waals surface area contributed by atoms with Crippen molar-refractivity contribution in [3.63, 3.8) is 0 Å². The van der Waals surface area contributed by atoms with Gasteiger partial charge in [-0.2, -0.15) is 4.98 Å². The quantitative estimate of drug-likeness (QED) is 0.123. The van der Waals surface area contributed by atoms with Crippen LogP contribution in [-0.2, 0) is 15.6 Å². The molecule has 1 aromatic carbocycles. The van der Waals surface area contributed by atoms with E-state index in [0.717, 1.165) is 11.1 Å². The molecule has 0 aromatic heterocycles. The van der Waals surface area contributed by atoms with Crippen molar-refractivity contribution < 1.29 is 63.8 Å². The first kappa shape index (κ1) is 26.7. The predicted octanol–water partition coefficient (Wildman–Crippen LogP) is -5.23. The number of fused-ring (bicyclic) bond motifs is 2. The molecule has 3 rings (SSSR count). The van der Waals surface area contributed by atoms with E-state index in [0.29, 0.717) is 11.0 Å². The molecule has 1 aromatic rings. The third-order valence-electron chi connectivity index (χ3n) is 4.78. The molecule has 3 atom stereocenters. The number of aromatic nitrogens is 4. The van der Waals surface area contributed by atoms with Gasteiger partial charge < -0.3 is 29.7 Å². The Labute approximate surface area is 202 Å². The van der Waals surface area contributed by atoms with Gasteiger partial charge in [-0.1, -0.05) is 6.10 Å². The van der Waals surface area contributed by atoms with Gasteiger partial charge in [-0.3, -0.25) is 14.3 Å². The van der Waals surface area contributed by atoms with Crippen molar-refractivity contribution in [2.75, 3.05) is 6.61 Å². The minimum Gasteiger partial charge on any atom is -0.849 e. The molecule has 5 N–H and O–H groups in total. The molecule has 0 bridgehead atoms. The van der Waals surface area contributed by atoms with Crippen LogP contribution >= 0.6 is 7.82 Å². The van der Waals surface area contributed by atoms with Crippen LogP contribution in [0.1, 0.15) is 11.1 Å². The van der Waals surface area contributed by atoms with Crippen molar-refractivity contribution in [3.8, 4) is 11.5 Å². The molecule has 13 nitrogen and oxygen atoms in total. The van der Waals surface area contributed by atoms with Crippen molar-refractivity contribution in [2.24, 2.45) is 0 Å². The summed E-state index contributed by atoms with van der Waals surface area (Å²) >= 11 is 0. The van der Waals surface area contributed by atoms with E-state index in [4.69, 9.17) is 9.79 Å². The molecular weight excluding hydrogens is 458 g/mol. The molecule has 2 aliphatic heterocycles. The molecule has 0 amide bonds. The topological polar surface area (TPSA) is 211 Å². The van der Waals surface area contributed by atoms with E-state index in [1.807, 2.05) is 11.9 Å². The molecule has 0 fully saturated rings. The molecule has 168 valence electrons. The van der Waals surface area contributed by atoms with Gasteiger partial charge in [-0.15, -0.1) is 0 Å². The summed E-state index contributed by atoms with van der Waals surface area (Å²) < 4.78 is 16.1. The summed E-state index contributed by atoms with van der Waals surface area (Å²) in [5.41, 5.74) is 0.446. The van der Waals surface area contributed by atoms with Gasteiger partial charge in [0.2, 0.25) is 0 Å². The number of hydrogen-bond acceptors (Lipinski definition) is 9. The second kappa shape index (κ2) is 10.2. The number of aryl methyl sites for hydroxylation is 2. The van der Waals surface area contributed by atoms with Gasteiger partial charge in [0.1, 0.15) is 6.10 Å². The average Bonchev–Trinajstić information content (AvgIpc) is 2.67. The molecule has 0 spiro atoms. The largest absolute Gasteiger partial charge is 1.00 e. The zero-order valence-electron chi connectivity index (χ0n) is 17.4. The van der Waals surface area contributed by atoms with Gasteiger partial charge >= 0.3 is 43.1 Å². The van der Waals surface area contributed by atoms with E-state index in [1.54, 1.807) is 19.1 Å². The maximum Gasteiger partial charge on any atom is 1.00 e. The number of nitrogens with one attached hydrogen (secondary N) is 1. The van der Waals surface area contributed by atoms with E-state index in [-0.39, 0.29) is 41.1 Å². The SMILES string of the molecule is Cc1cc2nc3c(=O)[nH]c(=O)nc-3n(C[C@@H]([O-])[C@@H](O)[C@@H](O)COP(=O)(O)O)c2cc1C.[Na+]. The van der Waals surface area contributed by atoms with Crippen molar-refractivity contribution >= 4 is 18.9 Å². The Kier molecular flexibility index (Phi) is 8.51. The van der Waals surface area contributed by atoms with Crippen LogP contribution in [-0.4, -0.2) is 64.4 Å². The Balaban J connectivity index is 0.00000363. The first-order chi connectivity index (χ1) is 14.4. The van der Waals surface area contributed by atoms with Crippen LogP contribution in [0.4, 0.5) is 0 Å². The maximum absolute atomic E-state index is 12.7. The normalized spacial score (nSPS) is 14.8. The molecule has 2 aliphatic rings. The maximum atomic E-state index is 12.7. The van der Waals surface area contributed by atoms with Gasteiger partial charge in [0.25, 0.3) is 5.56 Å². The van der Waals surface area contributed by atoms with Gasteiger partial charge in [0.15, 0.2) is 11.5 Å². The van der Waals surface area contributed by atoms with Crippen LogP contribution in [0.15, 0.2) is 21.7 Å². The fraction of sp³-hybridized carbons (Fsp3) is 0.412. The summed E-state index contributed by atoms with van der Waals surface area (Å²) in [6, 6.07) is 3.36. The van der Waals surface area contributed by atoms with Gasteiger partial charge in [-0.25, -0.2) is 14.3 Å². The molecule has 0 aliphatic carbocycles. The number of nitrogens with zero attached hydrogens (tertiary/aromatic N) is 3. The fourth-order valence-electron chi connectivity index (χ4n) is 3.04. The van der Waals surface area contributed by atoms with E-state index in [1.165, 1.54) is 4.57 Å². The van der Waals surface area contributed by atoms with Crippen LogP contribution in [0, 0.1) is 13.8 Å². The number of phosphoric acid groups is 1. The number of aliphatic hydroxyl groups is 2. The second-order valence-corrected chi connectivity index (χ2v) is 8.31. The Hall–Kier alpha value is -1.51. The van der Waals surface area contributed by atoms with Crippen LogP contribution < -0.4 is 45.9 Å². The summed E-state index contributed by atoms with van der Waals surface area (Å²) in [6.45, 7) is 2.11. The van der Waals surface area contributed by atoms with Crippen molar-refractivity contribution in [1.82, 2.24) is 19.5 Å². The summed E-state index contributed by atoms with van der Waals surface area (Å²) in [4.78, 5) is 51.4. The van der Waals surface area contributed by atoms with Gasteiger partial charge in [0.05, 0.1) is 23.7 Å². The van der Waals surface area contributed by atoms with Crippen LogP contribution in [0.3, 0.4) is 0 Å². The number of aromatic amines is 1. The molecule has 0 saturated heterocycles. The van der Waals surface area contributed by atoms with Crippen molar-refractivity contribution in [3.05, 3.63) is 44.1 Å². The van der Waals surface area contributed by atoms with E-state index in [2.05, 4.69) is 14.5 Å². The Morgan fingerprint density at radius 2 is 1.81 bits per heavy atom. The molecule has 15 heteroatoms. The zero-order chi connectivity index (χ0) is 23.1. The Morgan fingerprint density at radius 1 is 1.19 bits per heavy atom. The summed E-state index contributed by atoms with van der Waals surface area (Å²) in [7, 11) is -4.91. The number of rotatable bonds is 7. The predicted molar refractivity (Wildman–Crippen MR) is 104 cm³/mol. The van der Waals surface area contributed by atoms with Crippen LogP contribution in [0.5, 0.6) is 0 Å². The van der Waals surface area contributed by atoms with Gasteiger partial charge in [0, 0.05) is 6.54 Å². The van der Waals surface area contributed by atoms with E-state index in [9.17, 15) is 29.5 Å². The molecule has 32 heavy (non-hydrogen) atoms. The van der Waals surface area contributed by atoms with Crippen LogP contribution in [0.25, 0.3) is 22.6 Å². The third-order valence-corrected chi connectivity index (χ3v) is 5.26. The Bertz CT molecular complexity index is 1260. The fourth-order valence-corrected chi connectivity index (χ4v) is 3.39. The average molecular weight is 478 g/mol. The standard InChI is InChI=1S/C17H20N4O9P.Na/c1-7-3-9-10(4-8(7)2)21(15-13(18-9)16(25)20-17(26)19-15)5-11(22)14(24)12(23)6-30-31(27,28)29;/h3-4,11-12,14,23-24H,5-6H2,1-2H3,(H,20,25,26)(H2,27,28,29);/q-1;+1/t11-,12+,14-;/m1./s1. The molecule has 2 heterocycles. The minimum absolute atomic E-state index is 0. The second-order valence-electron chi connectivity index (χ2n) is 7.07. The number of H-pyrrole nitrogens is 1. The van der Waals surface area contributed by atoms with Gasteiger partial charge in [-0.05, 0) is 37.1 Å². The number of hydrogen-bond donors (Lipinski definition) is 5. The summed E-state index contributed by atoms with van der Waals surface area (Å²) in [6.07, 6.45) is -5.82. The van der Waals surface area contributed by atoms with E-state index < -0.39 is 50.5 Å². The first-order valence-electron chi connectivity index (χ1n) is 9.01. The van der Waals surface area contributed by atoms with Crippen molar-refractivity contribution in [2.45, 2.75) is 38.7 Å². The first-order valence-corrected chi connectivity index (χ1v) is 10.5. The van der Waals surface area contributed by atoms with E-state index >= 15 is 0 Å². The monoisotopic (exact) mass is 478 g/mol. The number of phosphoric ester groups is 1. The Morgan fingerprint density at radius 3 is 2.44 bits per heavy atom. The number of benzene rings is 1. The smallest absolute Gasteiger partial charge is 0.849 e. The minimum atomic E-state index is -4.91. The molecule has 0 radical (unpaired) electrons. The summed E-state index contributed by atoms with van der Waals surface area (Å²) in [5, 5.41) is 32.7. The van der Waals surface area contributed by atoms with Crippen LogP contribution in [0.2, 0.25) is 0 Å². The molecule has 0 saturated carbocycles. The third kappa shape index (κ3) is 5.88. The zero-order valence-corrected chi connectivity index (χ0v) is 20.3.